The predicted octanol–water partition coefficient (Wildman–Crippen LogP) is 5.55. The van der Waals surface area contributed by atoms with Crippen molar-refractivity contribution in [2.45, 2.75) is 16.4 Å². The van der Waals surface area contributed by atoms with Crippen molar-refractivity contribution in [2.24, 2.45) is 0 Å². The Kier molecular flexibility index (Phi) is 4.98. The summed E-state index contributed by atoms with van der Waals surface area (Å²) >= 11 is 0. The Hall–Kier alpha value is -1.89. The summed E-state index contributed by atoms with van der Waals surface area (Å²) in [5.41, 5.74) is 5.16. The number of hydrogen-bond donors (Lipinski definition) is 1. The van der Waals surface area contributed by atoms with Crippen LogP contribution in [0.3, 0.4) is 0 Å². The molecule has 1 aliphatic heterocycles. The summed E-state index contributed by atoms with van der Waals surface area (Å²) in [5, 5.41) is 0. The van der Waals surface area contributed by atoms with Gasteiger partial charge in [0, 0.05) is 17.2 Å². The molecule has 3 nitrogen and oxygen atoms in total. The SMILES string of the molecule is O=S(=O)(Nc1ccc2c(c1)CSSC2)c1ccc(-c2ccccc2)cc1. The summed E-state index contributed by atoms with van der Waals surface area (Å²) in [5.74, 6) is 1.87. The maximum atomic E-state index is 12.7. The van der Waals surface area contributed by atoms with E-state index in [1.54, 1.807) is 22.9 Å². The van der Waals surface area contributed by atoms with Gasteiger partial charge in [-0.25, -0.2) is 8.42 Å². The van der Waals surface area contributed by atoms with Crippen LogP contribution in [0.25, 0.3) is 11.1 Å². The summed E-state index contributed by atoms with van der Waals surface area (Å²) in [6, 6.07) is 22.7. The normalized spacial score (nSPS) is 13.8. The molecule has 0 fully saturated rings. The molecule has 0 amide bonds. The lowest BCUT2D eigenvalue weighted by Crippen LogP contribution is -2.13. The Bertz CT molecular complexity index is 1020. The minimum atomic E-state index is -3.60. The topological polar surface area (TPSA) is 46.2 Å². The van der Waals surface area contributed by atoms with Crippen LogP contribution in [0.1, 0.15) is 11.1 Å². The molecule has 0 spiro atoms. The predicted molar refractivity (Wildman–Crippen MR) is 112 cm³/mol. The smallest absolute Gasteiger partial charge is 0.261 e. The number of sulfonamides is 1. The van der Waals surface area contributed by atoms with Crippen molar-refractivity contribution in [1.82, 2.24) is 0 Å². The molecule has 1 N–H and O–H groups in total. The van der Waals surface area contributed by atoms with Crippen LogP contribution in [0.5, 0.6) is 0 Å². The van der Waals surface area contributed by atoms with Crippen molar-refractivity contribution in [3.8, 4) is 11.1 Å². The molecule has 3 aromatic rings. The third-order valence-electron chi connectivity index (χ3n) is 4.24. The number of benzene rings is 3. The summed E-state index contributed by atoms with van der Waals surface area (Å²) in [6.07, 6.45) is 0. The van der Waals surface area contributed by atoms with Crippen molar-refractivity contribution in [2.75, 3.05) is 4.72 Å². The van der Waals surface area contributed by atoms with Gasteiger partial charge in [-0.05, 0) is 46.5 Å². The van der Waals surface area contributed by atoms with Gasteiger partial charge in [-0.1, -0.05) is 70.1 Å². The summed E-state index contributed by atoms with van der Waals surface area (Å²) in [6.45, 7) is 0. The highest BCUT2D eigenvalue weighted by Crippen LogP contribution is 2.38. The highest BCUT2D eigenvalue weighted by molar-refractivity contribution is 8.76. The van der Waals surface area contributed by atoms with E-state index in [4.69, 9.17) is 0 Å². The Balaban J connectivity index is 1.57. The summed E-state index contributed by atoms with van der Waals surface area (Å²) < 4.78 is 28.1. The lowest BCUT2D eigenvalue weighted by atomic mass is 10.1. The van der Waals surface area contributed by atoms with E-state index in [0.717, 1.165) is 22.6 Å². The Labute approximate surface area is 161 Å². The number of hydrogen-bond acceptors (Lipinski definition) is 4. The van der Waals surface area contributed by atoms with Gasteiger partial charge >= 0.3 is 0 Å². The van der Waals surface area contributed by atoms with E-state index >= 15 is 0 Å². The van der Waals surface area contributed by atoms with Crippen molar-refractivity contribution >= 4 is 37.3 Å². The van der Waals surface area contributed by atoms with Crippen molar-refractivity contribution in [1.29, 1.82) is 0 Å². The first-order chi connectivity index (χ1) is 12.6. The quantitative estimate of drug-likeness (QED) is 0.584. The molecule has 0 saturated carbocycles. The zero-order valence-corrected chi connectivity index (χ0v) is 16.3. The molecule has 0 aromatic heterocycles. The van der Waals surface area contributed by atoms with E-state index in [0.29, 0.717) is 5.69 Å². The molecule has 1 heterocycles. The Morgan fingerprint density at radius 1 is 0.731 bits per heavy atom. The molecule has 4 rings (SSSR count). The van der Waals surface area contributed by atoms with Crippen LogP contribution < -0.4 is 4.72 Å². The molecule has 26 heavy (non-hydrogen) atoms. The maximum Gasteiger partial charge on any atom is 0.261 e. The van der Waals surface area contributed by atoms with Gasteiger partial charge in [-0.2, -0.15) is 0 Å². The summed E-state index contributed by atoms with van der Waals surface area (Å²) in [4.78, 5) is 0.264. The largest absolute Gasteiger partial charge is 0.280 e. The minimum Gasteiger partial charge on any atom is -0.280 e. The second-order valence-electron chi connectivity index (χ2n) is 6.00. The van der Waals surface area contributed by atoms with E-state index in [1.165, 1.54) is 11.1 Å². The lowest BCUT2D eigenvalue weighted by Gasteiger charge is -2.16. The van der Waals surface area contributed by atoms with E-state index in [2.05, 4.69) is 4.72 Å². The number of rotatable bonds is 4. The van der Waals surface area contributed by atoms with Crippen LogP contribution in [-0.4, -0.2) is 8.42 Å². The van der Waals surface area contributed by atoms with Crippen LogP contribution in [0.15, 0.2) is 77.7 Å². The van der Waals surface area contributed by atoms with Crippen LogP contribution in [-0.2, 0) is 21.5 Å². The van der Waals surface area contributed by atoms with Gasteiger partial charge in [-0.3, -0.25) is 4.72 Å². The van der Waals surface area contributed by atoms with E-state index in [9.17, 15) is 8.42 Å². The maximum absolute atomic E-state index is 12.7. The van der Waals surface area contributed by atoms with E-state index < -0.39 is 10.0 Å². The molecule has 132 valence electrons. The Morgan fingerprint density at radius 2 is 1.38 bits per heavy atom. The fraction of sp³-hybridized carbons (Fsp3) is 0.100. The first-order valence-corrected chi connectivity index (χ1v) is 12.1. The standard InChI is InChI=1S/C20H17NO2S3/c22-26(23,21-19-9-6-17-13-24-25-14-18(17)12-19)20-10-7-16(8-11-20)15-4-2-1-3-5-15/h1-12,21H,13-14H2. The van der Waals surface area contributed by atoms with Gasteiger partial charge in [-0.15, -0.1) is 0 Å². The molecule has 0 radical (unpaired) electrons. The van der Waals surface area contributed by atoms with Crippen LogP contribution in [0, 0.1) is 0 Å². The van der Waals surface area contributed by atoms with Crippen LogP contribution in [0.2, 0.25) is 0 Å². The van der Waals surface area contributed by atoms with Gasteiger partial charge in [0.1, 0.15) is 0 Å². The number of anilines is 1. The van der Waals surface area contributed by atoms with Gasteiger partial charge in [0.05, 0.1) is 4.90 Å². The Morgan fingerprint density at radius 3 is 2.12 bits per heavy atom. The first kappa shape index (κ1) is 17.5. The molecular weight excluding hydrogens is 382 g/mol. The van der Waals surface area contributed by atoms with Gasteiger partial charge in [0.15, 0.2) is 0 Å². The monoisotopic (exact) mass is 399 g/mol. The van der Waals surface area contributed by atoms with E-state index in [1.807, 2.05) is 71.5 Å². The number of fused-ring (bicyclic) bond motifs is 1. The van der Waals surface area contributed by atoms with Crippen molar-refractivity contribution < 1.29 is 8.42 Å². The fourth-order valence-corrected chi connectivity index (χ4v) is 6.13. The molecule has 6 heteroatoms. The minimum absolute atomic E-state index is 0.264. The van der Waals surface area contributed by atoms with Crippen molar-refractivity contribution in [3.63, 3.8) is 0 Å². The zero-order chi connectivity index (χ0) is 18.0. The second kappa shape index (κ2) is 7.39. The van der Waals surface area contributed by atoms with Gasteiger partial charge in [0.25, 0.3) is 10.0 Å². The molecular formula is C20H17NO2S3. The summed E-state index contributed by atoms with van der Waals surface area (Å²) in [7, 11) is 0.0297. The average molecular weight is 400 g/mol. The number of nitrogens with one attached hydrogen (secondary N) is 1. The first-order valence-electron chi connectivity index (χ1n) is 8.16. The molecule has 0 bridgehead atoms. The zero-order valence-electron chi connectivity index (χ0n) is 13.9. The molecule has 3 aromatic carbocycles. The van der Waals surface area contributed by atoms with E-state index in [-0.39, 0.29) is 4.90 Å². The third kappa shape index (κ3) is 3.77. The molecule has 0 saturated heterocycles. The van der Waals surface area contributed by atoms with Gasteiger partial charge in [0.2, 0.25) is 0 Å². The fourth-order valence-electron chi connectivity index (χ4n) is 2.85. The molecule has 0 aliphatic carbocycles. The third-order valence-corrected chi connectivity index (χ3v) is 7.87. The highest BCUT2D eigenvalue weighted by atomic mass is 33.1. The molecule has 0 unspecified atom stereocenters. The van der Waals surface area contributed by atoms with Crippen LogP contribution in [0.4, 0.5) is 5.69 Å². The highest BCUT2D eigenvalue weighted by Gasteiger charge is 2.16. The average Bonchev–Trinajstić information content (AvgIpc) is 2.68. The molecule has 0 atom stereocenters. The van der Waals surface area contributed by atoms with Crippen LogP contribution >= 0.6 is 21.6 Å². The lowest BCUT2D eigenvalue weighted by molar-refractivity contribution is 0.601. The second-order valence-corrected chi connectivity index (χ2v) is 10.1. The van der Waals surface area contributed by atoms with Gasteiger partial charge < -0.3 is 0 Å². The molecule has 1 aliphatic rings. The van der Waals surface area contributed by atoms with Crippen molar-refractivity contribution in [3.05, 3.63) is 83.9 Å².